The Morgan fingerprint density at radius 3 is 1.25 bits per heavy atom. The third-order valence-electron chi connectivity index (χ3n) is 3.27. The van der Waals surface area contributed by atoms with Gasteiger partial charge in [0.15, 0.2) is 0 Å². The van der Waals surface area contributed by atoms with Gasteiger partial charge in [0.25, 0.3) is 0 Å². The van der Waals surface area contributed by atoms with Crippen molar-refractivity contribution < 1.29 is 29.3 Å². The lowest BCUT2D eigenvalue weighted by atomic mass is 9.98. The lowest BCUT2D eigenvalue weighted by molar-refractivity contribution is -0.132. The Morgan fingerprint density at radius 1 is 0.708 bits per heavy atom. The van der Waals surface area contributed by atoms with Crippen LogP contribution in [-0.4, -0.2) is 22.2 Å². The number of aliphatic hydroxyl groups excluding tert-OH is 2. The summed E-state index contributed by atoms with van der Waals surface area (Å²) in [6.07, 6.45) is -2.31. The van der Waals surface area contributed by atoms with E-state index in [0.29, 0.717) is 22.6 Å². The summed E-state index contributed by atoms with van der Waals surface area (Å²) in [6.45, 7) is 2.60. The molecule has 2 aromatic rings. The van der Waals surface area contributed by atoms with Crippen LogP contribution in [0.5, 0.6) is 11.5 Å². The molecule has 0 aliphatic rings. The summed E-state index contributed by atoms with van der Waals surface area (Å²) in [5, 5.41) is 20.6. The van der Waals surface area contributed by atoms with Gasteiger partial charge < -0.3 is 19.7 Å². The Morgan fingerprint density at radius 2 is 1.00 bits per heavy atom. The molecule has 2 aromatic carbocycles. The van der Waals surface area contributed by atoms with Crippen molar-refractivity contribution in [3.05, 3.63) is 59.7 Å². The Labute approximate surface area is 139 Å². The molecule has 0 aliphatic heterocycles. The van der Waals surface area contributed by atoms with E-state index in [2.05, 4.69) is 0 Å². The standard InChI is InChI=1S/C18H18O6/c1-11(19)23-15-7-3-13(4-8-15)17(21)18(22)14-5-9-16(10-6-14)24-12(2)20/h3-10,17-18,21-22H,1-2H3/t17-,18-/m1/s1. The van der Waals surface area contributed by atoms with Crippen LogP contribution >= 0.6 is 0 Å². The molecule has 0 aromatic heterocycles. The maximum absolute atomic E-state index is 10.9. The molecule has 0 bridgehead atoms. The molecule has 0 aliphatic carbocycles. The van der Waals surface area contributed by atoms with Crippen molar-refractivity contribution in [1.29, 1.82) is 0 Å². The normalized spacial score (nSPS) is 13.0. The van der Waals surface area contributed by atoms with Crippen molar-refractivity contribution in [2.24, 2.45) is 0 Å². The molecule has 0 saturated carbocycles. The van der Waals surface area contributed by atoms with Crippen molar-refractivity contribution in [3.8, 4) is 11.5 Å². The minimum absolute atomic E-state index is 0.360. The summed E-state index contributed by atoms with van der Waals surface area (Å²) >= 11 is 0. The van der Waals surface area contributed by atoms with E-state index < -0.39 is 24.1 Å². The minimum atomic E-state index is -1.16. The van der Waals surface area contributed by atoms with Crippen LogP contribution in [0.15, 0.2) is 48.5 Å². The van der Waals surface area contributed by atoms with Gasteiger partial charge >= 0.3 is 11.9 Å². The van der Waals surface area contributed by atoms with Crippen molar-refractivity contribution in [3.63, 3.8) is 0 Å². The van der Waals surface area contributed by atoms with E-state index in [1.807, 2.05) is 0 Å². The van der Waals surface area contributed by atoms with Crippen LogP contribution in [0.3, 0.4) is 0 Å². The van der Waals surface area contributed by atoms with E-state index in [9.17, 15) is 19.8 Å². The smallest absolute Gasteiger partial charge is 0.308 e. The summed E-state index contributed by atoms with van der Waals surface area (Å²) in [5.74, 6) is -0.148. The van der Waals surface area contributed by atoms with Gasteiger partial charge in [-0.05, 0) is 35.4 Å². The first-order valence-electron chi connectivity index (χ1n) is 7.29. The lowest BCUT2D eigenvalue weighted by Gasteiger charge is -2.19. The van der Waals surface area contributed by atoms with Crippen LogP contribution in [0, 0.1) is 0 Å². The van der Waals surface area contributed by atoms with Crippen molar-refractivity contribution in [2.45, 2.75) is 26.1 Å². The maximum atomic E-state index is 10.9. The Hall–Kier alpha value is -2.70. The van der Waals surface area contributed by atoms with E-state index >= 15 is 0 Å². The van der Waals surface area contributed by atoms with Gasteiger partial charge in [0.2, 0.25) is 0 Å². The topological polar surface area (TPSA) is 93.1 Å². The average Bonchev–Trinajstić information content (AvgIpc) is 2.54. The number of ether oxygens (including phenoxy) is 2. The molecule has 0 saturated heterocycles. The average molecular weight is 330 g/mol. The molecule has 2 N–H and O–H groups in total. The van der Waals surface area contributed by atoms with Gasteiger partial charge in [-0.25, -0.2) is 0 Å². The quantitative estimate of drug-likeness (QED) is 0.645. The highest BCUT2D eigenvalue weighted by Gasteiger charge is 2.20. The van der Waals surface area contributed by atoms with Crippen LogP contribution < -0.4 is 9.47 Å². The van der Waals surface area contributed by atoms with Gasteiger partial charge in [-0.3, -0.25) is 9.59 Å². The van der Waals surface area contributed by atoms with Crippen LogP contribution in [0.1, 0.15) is 37.2 Å². The number of hydrogen-bond donors (Lipinski definition) is 2. The predicted octanol–water partition coefficient (Wildman–Crippen LogP) is 2.30. The first-order valence-corrected chi connectivity index (χ1v) is 7.29. The summed E-state index contributed by atoms with van der Waals surface area (Å²) < 4.78 is 9.83. The molecule has 0 fully saturated rings. The fraction of sp³-hybridized carbons (Fsp3) is 0.222. The maximum Gasteiger partial charge on any atom is 0.308 e. The van der Waals surface area contributed by atoms with Crippen LogP contribution in [0.25, 0.3) is 0 Å². The van der Waals surface area contributed by atoms with E-state index in [4.69, 9.17) is 9.47 Å². The Balaban J connectivity index is 2.09. The van der Waals surface area contributed by atoms with E-state index in [-0.39, 0.29) is 0 Å². The minimum Gasteiger partial charge on any atom is -0.427 e. The summed E-state index contributed by atoms with van der Waals surface area (Å²) in [6, 6.07) is 12.4. The van der Waals surface area contributed by atoms with E-state index in [1.54, 1.807) is 24.3 Å². The van der Waals surface area contributed by atoms with Crippen molar-refractivity contribution in [2.75, 3.05) is 0 Å². The number of aliphatic hydroxyl groups is 2. The van der Waals surface area contributed by atoms with Crippen molar-refractivity contribution >= 4 is 11.9 Å². The second-order valence-corrected chi connectivity index (χ2v) is 5.22. The van der Waals surface area contributed by atoms with Gasteiger partial charge in [-0.2, -0.15) is 0 Å². The summed E-state index contributed by atoms with van der Waals surface area (Å²) in [5.41, 5.74) is 0.949. The molecule has 0 spiro atoms. The molecule has 126 valence electrons. The molecular formula is C18H18O6. The van der Waals surface area contributed by atoms with Gasteiger partial charge in [-0.1, -0.05) is 24.3 Å². The molecule has 6 nitrogen and oxygen atoms in total. The fourth-order valence-electron chi connectivity index (χ4n) is 2.16. The number of carbonyl (C=O) groups is 2. The molecular weight excluding hydrogens is 312 g/mol. The lowest BCUT2D eigenvalue weighted by Crippen LogP contribution is -2.10. The molecule has 0 heterocycles. The van der Waals surface area contributed by atoms with Crippen LogP contribution in [0.2, 0.25) is 0 Å². The van der Waals surface area contributed by atoms with Crippen molar-refractivity contribution in [1.82, 2.24) is 0 Å². The molecule has 6 heteroatoms. The summed E-state index contributed by atoms with van der Waals surface area (Å²) in [7, 11) is 0. The van der Waals surface area contributed by atoms with Gasteiger partial charge in [-0.15, -0.1) is 0 Å². The second-order valence-electron chi connectivity index (χ2n) is 5.22. The highest BCUT2D eigenvalue weighted by atomic mass is 16.5. The number of benzene rings is 2. The third-order valence-corrected chi connectivity index (χ3v) is 3.27. The molecule has 24 heavy (non-hydrogen) atoms. The first-order chi connectivity index (χ1) is 11.4. The van der Waals surface area contributed by atoms with E-state index in [1.165, 1.54) is 38.1 Å². The largest absolute Gasteiger partial charge is 0.427 e. The molecule has 0 radical (unpaired) electrons. The van der Waals surface area contributed by atoms with Gasteiger partial charge in [0.05, 0.1) is 0 Å². The summed E-state index contributed by atoms with van der Waals surface area (Å²) in [4.78, 5) is 21.8. The predicted molar refractivity (Wildman–Crippen MR) is 85.4 cm³/mol. The zero-order valence-electron chi connectivity index (χ0n) is 13.3. The zero-order valence-corrected chi connectivity index (χ0v) is 13.3. The Bertz CT molecular complexity index is 642. The Kier molecular flexibility index (Phi) is 5.68. The SMILES string of the molecule is CC(=O)Oc1ccc([C@@H](O)[C@H](O)c2ccc(OC(C)=O)cc2)cc1. The number of rotatable bonds is 5. The fourth-order valence-corrected chi connectivity index (χ4v) is 2.16. The highest BCUT2D eigenvalue weighted by Crippen LogP contribution is 2.30. The first kappa shape index (κ1) is 17.7. The zero-order chi connectivity index (χ0) is 17.7. The molecule has 0 unspecified atom stereocenters. The van der Waals surface area contributed by atoms with Gasteiger partial charge in [0, 0.05) is 13.8 Å². The van der Waals surface area contributed by atoms with E-state index in [0.717, 1.165) is 0 Å². The third kappa shape index (κ3) is 4.65. The number of carbonyl (C=O) groups excluding carboxylic acids is 2. The van der Waals surface area contributed by atoms with Crippen LogP contribution in [-0.2, 0) is 9.59 Å². The number of hydrogen-bond acceptors (Lipinski definition) is 6. The molecule has 0 amide bonds. The second kappa shape index (κ2) is 7.72. The molecule has 2 rings (SSSR count). The monoisotopic (exact) mass is 330 g/mol. The van der Waals surface area contributed by atoms with Gasteiger partial charge in [0.1, 0.15) is 23.7 Å². The molecule has 2 atom stereocenters. The highest BCUT2D eigenvalue weighted by molar-refractivity contribution is 5.69. The van der Waals surface area contributed by atoms with Crippen LogP contribution in [0.4, 0.5) is 0 Å². The number of esters is 2.